The van der Waals surface area contributed by atoms with Crippen LogP contribution in [-0.4, -0.2) is 15.2 Å². The SMILES string of the molecule is Cc1n[nH]c(=S)nc1Nc1ccc(Cl)c(Cl)c1. The Labute approximate surface area is 113 Å². The maximum Gasteiger partial charge on any atom is 0.215 e. The number of nitrogens with zero attached hydrogens (tertiary/aromatic N) is 2. The standard InChI is InChI=1S/C10H8Cl2N4S/c1-5-9(14-10(17)16-15-5)13-6-2-3-7(11)8(12)4-6/h2-4H,1H3,(H2,13,14,16,17). The monoisotopic (exact) mass is 286 g/mol. The summed E-state index contributed by atoms with van der Waals surface area (Å²) < 4.78 is 0.318. The van der Waals surface area contributed by atoms with Crippen molar-refractivity contribution in [3.63, 3.8) is 0 Å². The first-order chi connectivity index (χ1) is 8.06. The number of benzene rings is 1. The zero-order valence-electron chi connectivity index (χ0n) is 8.79. The second-order valence-corrected chi connectivity index (χ2v) is 4.53. The molecule has 0 saturated heterocycles. The summed E-state index contributed by atoms with van der Waals surface area (Å²) in [5, 5.41) is 10.7. The van der Waals surface area contributed by atoms with Crippen molar-refractivity contribution in [1.82, 2.24) is 15.2 Å². The average molecular weight is 287 g/mol. The van der Waals surface area contributed by atoms with Crippen molar-refractivity contribution in [2.24, 2.45) is 0 Å². The van der Waals surface area contributed by atoms with E-state index in [-0.39, 0.29) is 0 Å². The summed E-state index contributed by atoms with van der Waals surface area (Å²) in [6.45, 7) is 1.82. The maximum atomic E-state index is 5.92. The summed E-state index contributed by atoms with van der Waals surface area (Å²) in [7, 11) is 0. The van der Waals surface area contributed by atoms with Gasteiger partial charge in [0, 0.05) is 5.69 Å². The van der Waals surface area contributed by atoms with E-state index in [9.17, 15) is 0 Å². The quantitative estimate of drug-likeness (QED) is 0.823. The number of hydrogen-bond donors (Lipinski definition) is 2. The van der Waals surface area contributed by atoms with E-state index in [4.69, 9.17) is 35.4 Å². The van der Waals surface area contributed by atoms with E-state index in [2.05, 4.69) is 20.5 Å². The van der Waals surface area contributed by atoms with Crippen molar-refractivity contribution in [3.05, 3.63) is 38.7 Å². The van der Waals surface area contributed by atoms with Gasteiger partial charge in [-0.25, -0.2) is 0 Å². The molecule has 0 aliphatic carbocycles. The number of rotatable bonds is 2. The van der Waals surface area contributed by atoms with Gasteiger partial charge in [-0.3, -0.25) is 5.10 Å². The van der Waals surface area contributed by atoms with Gasteiger partial charge in [-0.2, -0.15) is 10.1 Å². The summed E-state index contributed by atoms with van der Waals surface area (Å²) in [5.74, 6) is 0.590. The molecule has 17 heavy (non-hydrogen) atoms. The molecule has 0 spiro atoms. The van der Waals surface area contributed by atoms with Crippen molar-refractivity contribution >= 4 is 46.9 Å². The Kier molecular flexibility index (Phi) is 3.61. The predicted molar refractivity (Wildman–Crippen MR) is 71.7 cm³/mol. The van der Waals surface area contributed by atoms with Crippen LogP contribution in [0.2, 0.25) is 10.0 Å². The molecule has 2 aromatic rings. The Hall–Kier alpha value is -1.17. The Bertz CT molecular complexity index is 611. The third kappa shape index (κ3) is 2.94. The van der Waals surface area contributed by atoms with Gasteiger partial charge >= 0.3 is 0 Å². The summed E-state index contributed by atoms with van der Waals surface area (Å²) in [6.07, 6.45) is 0. The topological polar surface area (TPSA) is 53.6 Å². The first-order valence-electron chi connectivity index (χ1n) is 4.71. The van der Waals surface area contributed by atoms with Crippen LogP contribution < -0.4 is 5.32 Å². The number of aromatic amines is 1. The molecular weight excluding hydrogens is 279 g/mol. The third-order valence-corrected chi connectivity index (χ3v) is 2.98. The molecule has 0 aliphatic heterocycles. The highest BCUT2D eigenvalue weighted by Gasteiger charge is 2.04. The van der Waals surface area contributed by atoms with E-state index in [0.29, 0.717) is 26.3 Å². The normalized spacial score (nSPS) is 10.3. The average Bonchev–Trinajstić information content (AvgIpc) is 2.29. The number of nitrogens with one attached hydrogen (secondary N) is 2. The van der Waals surface area contributed by atoms with Crippen LogP contribution in [0.1, 0.15) is 5.69 Å². The molecule has 0 fully saturated rings. The molecule has 88 valence electrons. The molecule has 1 heterocycles. The molecule has 0 atom stereocenters. The summed E-state index contributed by atoms with van der Waals surface area (Å²) in [5.41, 5.74) is 1.49. The Morgan fingerprint density at radius 1 is 1.29 bits per heavy atom. The number of aromatic nitrogens is 3. The van der Waals surface area contributed by atoms with Crippen molar-refractivity contribution in [2.45, 2.75) is 6.92 Å². The zero-order valence-corrected chi connectivity index (χ0v) is 11.1. The maximum absolute atomic E-state index is 5.92. The molecular formula is C10H8Cl2N4S. The fraction of sp³-hybridized carbons (Fsp3) is 0.100. The molecule has 0 saturated carbocycles. The van der Waals surface area contributed by atoms with Crippen molar-refractivity contribution < 1.29 is 0 Å². The lowest BCUT2D eigenvalue weighted by atomic mass is 10.3. The van der Waals surface area contributed by atoms with E-state index in [0.717, 1.165) is 5.69 Å². The molecule has 1 aromatic heterocycles. The molecule has 0 amide bonds. The van der Waals surface area contributed by atoms with Crippen LogP contribution in [0.5, 0.6) is 0 Å². The van der Waals surface area contributed by atoms with Gasteiger partial charge in [-0.15, -0.1) is 0 Å². The summed E-state index contributed by atoms with van der Waals surface area (Å²) in [4.78, 5) is 4.13. The van der Waals surface area contributed by atoms with Crippen molar-refractivity contribution in [2.75, 3.05) is 5.32 Å². The van der Waals surface area contributed by atoms with Crippen molar-refractivity contribution in [3.8, 4) is 0 Å². The Balaban J connectivity index is 2.34. The number of hydrogen-bond acceptors (Lipinski definition) is 4. The second kappa shape index (κ2) is 5.00. The van der Waals surface area contributed by atoms with Crippen LogP contribution in [0, 0.1) is 11.7 Å². The fourth-order valence-electron chi connectivity index (χ4n) is 1.22. The summed E-state index contributed by atoms with van der Waals surface area (Å²) in [6, 6.07) is 5.22. The van der Waals surface area contributed by atoms with E-state index in [1.54, 1.807) is 18.2 Å². The molecule has 0 unspecified atom stereocenters. The van der Waals surface area contributed by atoms with Gasteiger partial charge in [0.1, 0.15) is 5.69 Å². The minimum atomic E-state index is 0.318. The van der Waals surface area contributed by atoms with E-state index in [1.807, 2.05) is 6.92 Å². The first-order valence-corrected chi connectivity index (χ1v) is 5.88. The smallest absolute Gasteiger partial charge is 0.215 e. The number of H-pyrrole nitrogens is 1. The largest absolute Gasteiger partial charge is 0.339 e. The Morgan fingerprint density at radius 2 is 2.06 bits per heavy atom. The lowest BCUT2D eigenvalue weighted by Crippen LogP contribution is -2.00. The highest BCUT2D eigenvalue weighted by molar-refractivity contribution is 7.71. The minimum absolute atomic E-state index is 0.318. The lowest BCUT2D eigenvalue weighted by molar-refractivity contribution is 0.914. The van der Waals surface area contributed by atoms with Crippen LogP contribution in [0.3, 0.4) is 0 Å². The van der Waals surface area contributed by atoms with Gasteiger partial charge < -0.3 is 5.32 Å². The van der Waals surface area contributed by atoms with Crippen LogP contribution in [0.15, 0.2) is 18.2 Å². The Morgan fingerprint density at radius 3 is 2.76 bits per heavy atom. The lowest BCUT2D eigenvalue weighted by Gasteiger charge is -2.07. The fourth-order valence-corrected chi connectivity index (χ4v) is 1.66. The van der Waals surface area contributed by atoms with Crippen LogP contribution in [0.25, 0.3) is 0 Å². The molecule has 1 aromatic carbocycles. The minimum Gasteiger partial charge on any atom is -0.339 e. The molecule has 4 nitrogen and oxygen atoms in total. The van der Waals surface area contributed by atoms with E-state index in [1.165, 1.54) is 0 Å². The highest BCUT2D eigenvalue weighted by Crippen LogP contribution is 2.26. The molecule has 2 N–H and O–H groups in total. The zero-order chi connectivity index (χ0) is 12.4. The molecule has 2 rings (SSSR count). The number of aryl methyl sites for hydroxylation is 1. The van der Waals surface area contributed by atoms with Crippen LogP contribution in [0.4, 0.5) is 11.5 Å². The highest BCUT2D eigenvalue weighted by atomic mass is 35.5. The molecule has 0 radical (unpaired) electrons. The van der Waals surface area contributed by atoms with E-state index >= 15 is 0 Å². The predicted octanol–water partition coefficient (Wildman–Crippen LogP) is 3.89. The van der Waals surface area contributed by atoms with Gasteiger partial charge in [0.25, 0.3) is 0 Å². The number of halogens is 2. The van der Waals surface area contributed by atoms with Crippen LogP contribution >= 0.6 is 35.4 Å². The van der Waals surface area contributed by atoms with Gasteiger partial charge in [-0.05, 0) is 37.3 Å². The molecule has 0 aliphatic rings. The summed E-state index contributed by atoms with van der Waals surface area (Å²) >= 11 is 16.7. The third-order valence-electron chi connectivity index (χ3n) is 2.06. The van der Waals surface area contributed by atoms with Crippen molar-refractivity contribution in [1.29, 1.82) is 0 Å². The van der Waals surface area contributed by atoms with Gasteiger partial charge in [0.2, 0.25) is 4.77 Å². The van der Waals surface area contributed by atoms with Gasteiger partial charge in [0.15, 0.2) is 5.82 Å². The molecule has 0 bridgehead atoms. The number of anilines is 2. The van der Waals surface area contributed by atoms with Gasteiger partial charge in [0.05, 0.1) is 10.0 Å². The van der Waals surface area contributed by atoms with Gasteiger partial charge in [-0.1, -0.05) is 23.2 Å². The first kappa shape index (κ1) is 12.3. The molecule has 7 heteroatoms. The second-order valence-electron chi connectivity index (χ2n) is 3.33. The van der Waals surface area contributed by atoms with Crippen LogP contribution in [-0.2, 0) is 0 Å². The van der Waals surface area contributed by atoms with E-state index < -0.39 is 0 Å².